The van der Waals surface area contributed by atoms with Crippen molar-refractivity contribution in [3.05, 3.63) is 23.1 Å². The lowest BCUT2D eigenvalue weighted by Gasteiger charge is -2.32. The predicted molar refractivity (Wildman–Crippen MR) is 117 cm³/mol. The molecule has 0 radical (unpaired) electrons. The fourth-order valence-electron chi connectivity index (χ4n) is 3.24. The number of hydrogen-bond donors (Lipinski definition) is 3. The van der Waals surface area contributed by atoms with E-state index in [0.29, 0.717) is 12.4 Å². The molecule has 4 N–H and O–H groups in total. The third-order valence-electron chi connectivity index (χ3n) is 4.56. The zero-order valence-electron chi connectivity index (χ0n) is 16.7. The van der Waals surface area contributed by atoms with E-state index in [2.05, 4.69) is 22.1 Å². The van der Waals surface area contributed by atoms with Gasteiger partial charge in [0.15, 0.2) is 6.23 Å². The van der Waals surface area contributed by atoms with E-state index in [9.17, 15) is 5.11 Å². The summed E-state index contributed by atoms with van der Waals surface area (Å²) in [4.78, 5) is 5.50. The second-order valence-corrected chi connectivity index (χ2v) is 8.62. The maximum atomic E-state index is 10.0. The Labute approximate surface area is 169 Å². The van der Waals surface area contributed by atoms with E-state index in [-0.39, 0.29) is 6.23 Å². The predicted octanol–water partition coefficient (Wildman–Crippen LogP) is 3.87. The van der Waals surface area contributed by atoms with Gasteiger partial charge in [0, 0.05) is 25.9 Å². The van der Waals surface area contributed by atoms with Crippen LogP contribution in [0.1, 0.15) is 44.9 Å². The van der Waals surface area contributed by atoms with E-state index >= 15 is 0 Å². The average Bonchev–Trinajstić information content (AvgIpc) is 3.07. The topological polar surface area (TPSA) is 96.0 Å². The molecular weight excluding hydrogens is 374 g/mol. The maximum absolute atomic E-state index is 10.0. The summed E-state index contributed by atoms with van der Waals surface area (Å²) >= 11 is 1.61. The van der Waals surface area contributed by atoms with E-state index in [1.54, 1.807) is 31.3 Å². The van der Waals surface area contributed by atoms with E-state index < -0.39 is 5.60 Å². The molecule has 1 atom stereocenters. The molecule has 28 heavy (non-hydrogen) atoms. The largest absolute Gasteiger partial charge is 0.389 e. The van der Waals surface area contributed by atoms with Crippen LogP contribution < -0.4 is 11.1 Å². The van der Waals surface area contributed by atoms with Gasteiger partial charge in [-0.1, -0.05) is 6.08 Å². The molecule has 152 valence electrons. The Hall–Kier alpha value is -2.16. The number of hydrazone groups is 1. The first-order valence-corrected chi connectivity index (χ1v) is 10.3. The van der Waals surface area contributed by atoms with Crippen LogP contribution in [-0.4, -0.2) is 46.8 Å². The number of aliphatic hydroxyl groups is 1. The van der Waals surface area contributed by atoms with E-state index in [0.717, 1.165) is 52.3 Å². The molecular formula is C20H29N5O2S. The van der Waals surface area contributed by atoms with Gasteiger partial charge in [0.2, 0.25) is 0 Å². The number of anilines is 2. The van der Waals surface area contributed by atoms with Gasteiger partial charge in [-0.3, -0.25) is 0 Å². The third-order valence-corrected chi connectivity index (χ3v) is 5.74. The molecule has 0 spiro atoms. The van der Waals surface area contributed by atoms with E-state index in [1.165, 1.54) is 0 Å². The highest BCUT2D eigenvalue weighted by Gasteiger charge is 2.25. The van der Waals surface area contributed by atoms with Gasteiger partial charge in [-0.15, -0.1) is 11.3 Å². The van der Waals surface area contributed by atoms with Gasteiger partial charge in [0.25, 0.3) is 0 Å². The van der Waals surface area contributed by atoms with Gasteiger partial charge in [-0.2, -0.15) is 5.10 Å². The minimum absolute atomic E-state index is 0.103. The zero-order valence-corrected chi connectivity index (χ0v) is 17.6. The Morgan fingerprint density at radius 1 is 1.54 bits per heavy atom. The molecule has 1 saturated heterocycles. The highest BCUT2D eigenvalue weighted by molar-refractivity contribution is 7.20. The lowest BCUT2D eigenvalue weighted by Crippen LogP contribution is -2.34. The SMILES string of the molecule is C=NN(/C(=C\C)c1cc2nc(N)cc(NCC(C)(C)O)c2s1)C1CCCCO1. The summed E-state index contributed by atoms with van der Waals surface area (Å²) in [7, 11) is 0. The fourth-order valence-corrected chi connectivity index (χ4v) is 4.39. The zero-order chi connectivity index (χ0) is 20.3. The van der Waals surface area contributed by atoms with Crippen LogP contribution in [0.4, 0.5) is 11.5 Å². The van der Waals surface area contributed by atoms with Crippen molar-refractivity contribution < 1.29 is 9.84 Å². The van der Waals surface area contributed by atoms with Crippen molar-refractivity contribution in [2.24, 2.45) is 5.10 Å². The summed E-state index contributed by atoms with van der Waals surface area (Å²) in [5.74, 6) is 0.437. The number of pyridine rings is 1. The first-order valence-electron chi connectivity index (χ1n) is 9.53. The molecule has 0 saturated carbocycles. The monoisotopic (exact) mass is 403 g/mol. The molecule has 3 rings (SSSR count). The van der Waals surface area contributed by atoms with E-state index in [1.807, 2.05) is 24.1 Å². The van der Waals surface area contributed by atoms with Crippen molar-refractivity contribution in [1.82, 2.24) is 9.99 Å². The summed E-state index contributed by atoms with van der Waals surface area (Å²) in [5, 5.41) is 19.4. The number of thiophene rings is 1. The number of fused-ring (bicyclic) bond motifs is 1. The summed E-state index contributed by atoms with van der Waals surface area (Å²) in [5.41, 5.74) is 7.79. The molecule has 8 heteroatoms. The number of nitrogens with two attached hydrogens (primary N) is 1. The molecule has 2 aromatic heterocycles. The summed E-state index contributed by atoms with van der Waals surface area (Å²) in [6, 6.07) is 3.82. The molecule has 7 nitrogen and oxygen atoms in total. The lowest BCUT2D eigenvalue weighted by molar-refractivity contribution is -0.0595. The van der Waals surface area contributed by atoms with Gasteiger partial charge < -0.3 is 20.9 Å². The highest BCUT2D eigenvalue weighted by Crippen LogP contribution is 2.38. The van der Waals surface area contributed by atoms with Gasteiger partial charge >= 0.3 is 0 Å². The number of nitrogens with one attached hydrogen (secondary N) is 1. The number of aromatic nitrogens is 1. The van der Waals surface area contributed by atoms with Gasteiger partial charge in [-0.05, 0) is 46.1 Å². The summed E-state index contributed by atoms with van der Waals surface area (Å²) in [6.45, 7) is 10.4. The Morgan fingerprint density at radius 2 is 2.32 bits per heavy atom. The summed E-state index contributed by atoms with van der Waals surface area (Å²) < 4.78 is 6.90. The molecule has 0 amide bonds. The van der Waals surface area contributed by atoms with E-state index in [4.69, 9.17) is 10.5 Å². The van der Waals surface area contributed by atoms with Crippen molar-refractivity contribution in [1.29, 1.82) is 0 Å². The first kappa shape index (κ1) is 20.6. The third kappa shape index (κ3) is 4.63. The Morgan fingerprint density at radius 3 is 2.93 bits per heavy atom. The average molecular weight is 404 g/mol. The van der Waals surface area contributed by atoms with Gasteiger partial charge in [-0.25, -0.2) is 9.99 Å². The Bertz CT molecular complexity index is 865. The van der Waals surface area contributed by atoms with Crippen LogP contribution in [-0.2, 0) is 4.74 Å². The van der Waals surface area contributed by atoms with Crippen molar-refractivity contribution >= 4 is 45.5 Å². The van der Waals surface area contributed by atoms with Crippen molar-refractivity contribution in [3.8, 4) is 0 Å². The van der Waals surface area contributed by atoms with Crippen molar-refractivity contribution in [3.63, 3.8) is 0 Å². The number of nitrogen functional groups attached to an aromatic ring is 1. The number of nitrogens with zero attached hydrogens (tertiary/aromatic N) is 3. The van der Waals surface area contributed by atoms with Crippen LogP contribution in [0.2, 0.25) is 0 Å². The Kier molecular flexibility index (Phi) is 6.22. The van der Waals surface area contributed by atoms with Crippen molar-refractivity contribution in [2.75, 3.05) is 24.2 Å². The first-order chi connectivity index (χ1) is 13.3. The lowest BCUT2D eigenvalue weighted by atomic mass is 10.1. The normalized spacial score (nSPS) is 18.3. The number of rotatable bonds is 7. The quantitative estimate of drug-likeness (QED) is 0.480. The minimum atomic E-state index is -0.833. The molecule has 0 bridgehead atoms. The second-order valence-electron chi connectivity index (χ2n) is 7.57. The van der Waals surface area contributed by atoms with Crippen LogP contribution in [0.5, 0.6) is 0 Å². The minimum Gasteiger partial charge on any atom is -0.389 e. The number of ether oxygens (including phenoxy) is 1. The second kappa shape index (κ2) is 8.46. The van der Waals surface area contributed by atoms with Gasteiger partial charge in [0.1, 0.15) is 5.82 Å². The molecule has 1 aliphatic rings. The molecule has 0 aliphatic carbocycles. The van der Waals surface area contributed by atoms with Crippen LogP contribution in [0.3, 0.4) is 0 Å². The Balaban J connectivity index is 1.96. The van der Waals surface area contributed by atoms with Gasteiger partial charge in [0.05, 0.1) is 32.1 Å². The fraction of sp³-hybridized carbons (Fsp3) is 0.500. The van der Waals surface area contributed by atoms with Crippen LogP contribution in [0.15, 0.2) is 23.3 Å². The standard InChI is InChI=1S/C20H29N5O2S/c1-5-15(25(22-4)18-8-6-7-9-27-18)16-10-14-19(28-16)13(11-17(21)24-14)23-12-20(2,3)26/h5,10-11,18,26H,4,6-9,12H2,1-3H3,(H3,21,23,24)/b15-5-. The molecule has 1 unspecified atom stereocenters. The molecule has 1 fully saturated rings. The number of allylic oxidation sites excluding steroid dienone is 1. The molecule has 3 heterocycles. The number of hydrogen-bond acceptors (Lipinski definition) is 8. The molecule has 1 aliphatic heterocycles. The smallest absolute Gasteiger partial charge is 0.150 e. The van der Waals surface area contributed by atoms with Crippen LogP contribution >= 0.6 is 11.3 Å². The highest BCUT2D eigenvalue weighted by atomic mass is 32.1. The maximum Gasteiger partial charge on any atom is 0.150 e. The van der Waals surface area contributed by atoms with Crippen molar-refractivity contribution in [2.45, 2.75) is 51.9 Å². The van der Waals surface area contributed by atoms with Crippen LogP contribution in [0, 0.1) is 0 Å². The molecule has 2 aromatic rings. The summed E-state index contributed by atoms with van der Waals surface area (Å²) in [6.07, 6.45) is 5.03. The van der Waals surface area contributed by atoms with Crippen LogP contribution in [0.25, 0.3) is 15.9 Å². The molecule has 0 aromatic carbocycles.